The molecule has 1 aromatic heterocycles. The summed E-state index contributed by atoms with van der Waals surface area (Å²) in [4.78, 5) is 19.5. The van der Waals surface area contributed by atoms with Gasteiger partial charge in [-0.15, -0.1) is 0 Å². The normalized spacial score (nSPS) is 17.1. The fraction of sp³-hybridized carbons (Fsp3) is 0.400. The number of ether oxygens (including phenoxy) is 2. The van der Waals surface area contributed by atoms with E-state index in [1.807, 2.05) is 44.2 Å². The molecule has 0 amide bonds. The summed E-state index contributed by atoms with van der Waals surface area (Å²) in [5.41, 5.74) is 2.97. The minimum absolute atomic E-state index is 0.163. The molecule has 6 heteroatoms. The fourth-order valence-corrected chi connectivity index (χ4v) is 4.92. The molecule has 36 heavy (non-hydrogen) atoms. The number of benzene rings is 2. The number of hydrogen-bond acceptors (Lipinski definition) is 5. The zero-order valence-corrected chi connectivity index (χ0v) is 21.9. The average molecular weight is 489 g/mol. The minimum atomic E-state index is -0.309. The molecular weight excluding hydrogens is 450 g/mol. The lowest BCUT2D eigenvalue weighted by molar-refractivity contribution is -0.942. The standard InChI is InChI=1S/C30H38N3O3/c1-5-33(4,21-25-13-9-14-27(19-25)35-22-24-11-7-6-8-12-24)26-16-18-32(20-26)29-28(15-10-17-31-29)30(34)36-23(2)3/h6-15,17,19,23,26H,5,16,18,20-22H2,1-4H3/q+1. The molecule has 3 aromatic rings. The first-order valence-corrected chi connectivity index (χ1v) is 12.9. The third-order valence-electron chi connectivity index (χ3n) is 7.11. The number of hydrogen-bond donors (Lipinski definition) is 0. The number of esters is 1. The number of anilines is 1. The van der Waals surface area contributed by atoms with Gasteiger partial charge in [-0.25, -0.2) is 9.78 Å². The SMILES string of the molecule is CC[N+](C)(Cc1cccc(OCc2ccccc2)c1)C1CCN(c2ncccc2C(=O)OC(C)C)C1. The summed E-state index contributed by atoms with van der Waals surface area (Å²) in [7, 11) is 2.33. The monoisotopic (exact) mass is 488 g/mol. The second-order valence-electron chi connectivity index (χ2n) is 10.1. The summed E-state index contributed by atoms with van der Waals surface area (Å²) in [5.74, 6) is 1.31. The molecule has 4 rings (SSSR count). The number of nitrogens with zero attached hydrogens (tertiary/aromatic N) is 3. The molecule has 2 heterocycles. The molecule has 2 aromatic carbocycles. The van der Waals surface area contributed by atoms with Crippen LogP contribution >= 0.6 is 0 Å². The Balaban J connectivity index is 1.44. The molecule has 1 fully saturated rings. The van der Waals surface area contributed by atoms with Gasteiger partial charge in [0.05, 0.1) is 26.2 Å². The van der Waals surface area contributed by atoms with E-state index in [9.17, 15) is 4.79 Å². The highest BCUT2D eigenvalue weighted by atomic mass is 16.5. The van der Waals surface area contributed by atoms with Crippen molar-refractivity contribution in [1.29, 1.82) is 0 Å². The molecule has 190 valence electrons. The third kappa shape index (κ3) is 6.24. The highest BCUT2D eigenvalue weighted by Gasteiger charge is 2.38. The first-order valence-electron chi connectivity index (χ1n) is 12.9. The number of carbonyl (C=O) groups excluding carboxylic acids is 1. The Morgan fingerprint density at radius 3 is 2.61 bits per heavy atom. The first-order chi connectivity index (χ1) is 17.4. The number of quaternary nitrogens is 1. The maximum atomic E-state index is 12.7. The van der Waals surface area contributed by atoms with Crippen molar-refractivity contribution in [3.8, 4) is 5.75 Å². The fourth-order valence-electron chi connectivity index (χ4n) is 4.92. The van der Waals surface area contributed by atoms with Crippen LogP contribution in [0, 0.1) is 0 Å². The van der Waals surface area contributed by atoms with Gasteiger partial charge in [-0.05, 0) is 50.6 Å². The summed E-state index contributed by atoms with van der Waals surface area (Å²) in [6.45, 7) is 10.2. The lowest BCUT2D eigenvalue weighted by atomic mass is 10.1. The molecule has 2 unspecified atom stereocenters. The zero-order chi connectivity index (χ0) is 25.5. The number of carbonyl (C=O) groups is 1. The van der Waals surface area contributed by atoms with Gasteiger partial charge in [0.25, 0.3) is 0 Å². The molecule has 0 saturated carbocycles. The molecule has 0 bridgehead atoms. The molecule has 1 aliphatic rings. The van der Waals surface area contributed by atoms with Crippen molar-refractivity contribution in [3.05, 3.63) is 89.6 Å². The Kier molecular flexibility index (Phi) is 8.26. The molecule has 2 atom stereocenters. The van der Waals surface area contributed by atoms with Crippen LogP contribution in [0.15, 0.2) is 72.9 Å². The molecule has 1 aliphatic heterocycles. The van der Waals surface area contributed by atoms with Gasteiger partial charge in [0, 0.05) is 24.7 Å². The van der Waals surface area contributed by atoms with Gasteiger partial charge in [0.1, 0.15) is 36.3 Å². The van der Waals surface area contributed by atoms with Crippen molar-refractivity contribution in [3.63, 3.8) is 0 Å². The highest BCUT2D eigenvalue weighted by molar-refractivity contribution is 5.94. The van der Waals surface area contributed by atoms with Crippen LogP contribution in [-0.2, 0) is 17.9 Å². The maximum absolute atomic E-state index is 12.7. The van der Waals surface area contributed by atoms with E-state index in [4.69, 9.17) is 9.47 Å². The van der Waals surface area contributed by atoms with E-state index in [1.165, 1.54) is 5.56 Å². The van der Waals surface area contributed by atoms with Crippen molar-refractivity contribution >= 4 is 11.8 Å². The highest BCUT2D eigenvalue weighted by Crippen LogP contribution is 2.30. The topological polar surface area (TPSA) is 51.7 Å². The summed E-state index contributed by atoms with van der Waals surface area (Å²) in [5, 5.41) is 0. The van der Waals surface area contributed by atoms with Crippen molar-refractivity contribution in [2.45, 2.75) is 52.5 Å². The van der Waals surface area contributed by atoms with Gasteiger partial charge >= 0.3 is 5.97 Å². The third-order valence-corrected chi connectivity index (χ3v) is 7.11. The minimum Gasteiger partial charge on any atom is -0.489 e. The van der Waals surface area contributed by atoms with Crippen molar-refractivity contribution in [2.24, 2.45) is 0 Å². The Morgan fingerprint density at radius 1 is 1.08 bits per heavy atom. The first kappa shape index (κ1) is 25.7. The van der Waals surface area contributed by atoms with E-state index >= 15 is 0 Å². The molecular formula is C30H38N3O3+. The Bertz CT molecular complexity index is 1150. The van der Waals surface area contributed by atoms with E-state index in [-0.39, 0.29) is 12.1 Å². The van der Waals surface area contributed by atoms with Crippen LogP contribution in [0.5, 0.6) is 5.75 Å². The maximum Gasteiger partial charge on any atom is 0.342 e. The van der Waals surface area contributed by atoms with E-state index in [2.05, 4.69) is 54.2 Å². The largest absolute Gasteiger partial charge is 0.489 e. The van der Waals surface area contributed by atoms with Gasteiger partial charge in [0.2, 0.25) is 0 Å². The summed E-state index contributed by atoms with van der Waals surface area (Å²) in [6, 6.07) is 22.7. The smallest absolute Gasteiger partial charge is 0.342 e. The number of pyridine rings is 1. The Labute approximate surface area is 215 Å². The lowest BCUT2D eigenvalue weighted by Gasteiger charge is -2.39. The molecule has 0 spiro atoms. The molecule has 0 N–H and O–H groups in total. The van der Waals surface area contributed by atoms with Gasteiger partial charge in [-0.2, -0.15) is 0 Å². The van der Waals surface area contributed by atoms with Crippen LogP contribution in [0.1, 0.15) is 48.7 Å². The van der Waals surface area contributed by atoms with Crippen LogP contribution in [0.2, 0.25) is 0 Å². The van der Waals surface area contributed by atoms with Crippen LogP contribution in [-0.4, -0.2) is 54.3 Å². The van der Waals surface area contributed by atoms with Crippen LogP contribution < -0.4 is 9.64 Å². The van der Waals surface area contributed by atoms with E-state index in [0.717, 1.165) is 54.2 Å². The van der Waals surface area contributed by atoms with Crippen molar-refractivity contribution in [2.75, 3.05) is 31.6 Å². The van der Waals surface area contributed by atoms with E-state index in [0.29, 0.717) is 18.2 Å². The molecule has 1 saturated heterocycles. The number of likely N-dealkylation sites (N-methyl/N-ethyl adjacent to an activating group) is 1. The van der Waals surface area contributed by atoms with Gasteiger partial charge < -0.3 is 18.9 Å². The Hall–Kier alpha value is -3.38. The van der Waals surface area contributed by atoms with Crippen molar-refractivity contribution in [1.82, 2.24) is 4.98 Å². The summed E-state index contributed by atoms with van der Waals surface area (Å²) < 4.78 is 12.5. The molecule has 0 radical (unpaired) electrons. The second kappa shape index (κ2) is 11.6. The van der Waals surface area contributed by atoms with Gasteiger partial charge in [-0.1, -0.05) is 42.5 Å². The number of rotatable bonds is 10. The summed E-state index contributed by atoms with van der Waals surface area (Å²) in [6.07, 6.45) is 2.64. The summed E-state index contributed by atoms with van der Waals surface area (Å²) >= 11 is 0. The zero-order valence-electron chi connectivity index (χ0n) is 21.9. The van der Waals surface area contributed by atoms with Gasteiger partial charge in [-0.3, -0.25) is 0 Å². The predicted molar refractivity (Wildman–Crippen MR) is 143 cm³/mol. The lowest BCUT2D eigenvalue weighted by Crippen LogP contribution is -2.52. The van der Waals surface area contributed by atoms with E-state index in [1.54, 1.807) is 12.3 Å². The average Bonchev–Trinajstić information content (AvgIpc) is 3.39. The second-order valence-corrected chi connectivity index (χ2v) is 10.1. The van der Waals surface area contributed by atoms with E-state index < -0.39 is 0 Å². The molecule has 6 nitrogen and oxygen atoms in total. The van der Waals surface area contributed by atoms with Crippen LogP contribution in [0.25, 0.3) is 0 Å². The van der Waals surface area contributed by atoms with Crippen LogP contribution in [0.3, 0.4) is 0 Å². The van der Waals surface area contributed by atoms with Crippen LogP contribution in [0.4, 0.5) is 5.82 Å². The van der Waals surface area contributed by atoms with Crippen molar-refractivity contribution < 1.29 is 18.8 Å². The quantitative estimate of drug-likeness (QED) is 0.280. The Morgan fingerprint density at radius 2 is 1.86 bits per heavy atom. The molecule has 0 aliphatic carbocycles. The van der Waals surface area contributed by atoms with Gasteiger partial charge in [0.15, 0.2) is 0 Å². The predicted octanol–water partition coefficient (Wildman–Crippen LogP) is 5.47. The number of aromatic nitrogens is 1.